The zero-order chi connectivity index (χ0) is 16.0. The van der Waals surface area contributed by atoms with Gasteiger partial charge in [-0.25, -0.2) is 8.42 Å². The summed E-state index contributed by atoms with van der Waals surface area (Å²) in [5.74, 6) is -1.14. The van der Waals surface area contributed by atoms with E-state index in [0.717, 1.165) is 12.8 Å². The molecule has 0 aromatic heterocycles. The molecule has 1 rings (SSSR count). The molecule has 1 heterocycles. The van der Waals surface area contributed by atoms with Crippen LogP contribution in [0, 0.1) is 0 Å². The van der Waals surface area contributed by atoms with Gasteiger partial charge in [0, 0.05) is 26.2 Å². The third kappa shape index (κ3) is 4.62. The standard InChI is InChI=1S/C12H25N3O5S/c1-20-8-9-3-2-6-15(9)21(18,19)10(7-13)4-5-11(14)12(16)17/h9-11H,2-8,13-14H2,1H3,(H,16,17)/t9-,10?,11-/m0/s1. The van der Waals surface area contributed by atoms with Crippen LogP contribution in [0.2, 0.25) is 0 Å². The van der Waals surface area contributed by atoms with Crippen LogP contribution in [-0.2, 0) is 19.6 Å². The van der Waals surface area contributed by atoms with Crippen molar-refractivity contribution in [2.24, 2.45) is 11.5 Å². The van der Waals surface area contributed by atoms with Crippen LogP contribution in [0.5, 0.6) is 0 Å². The van der Waals surface area contributed by atoms with E-state index in [4.69, 9.17) is 21.3 Å². The summed E-state index contributed by atoms with van der Waals surface area (Å²) in [6.45, 7) is 0.758. The predicted octanol–water partition coefficient (Wildman–Crippen LogP) is -1.05. The number of carboxylic acid groups (broad SMARTS) is 1. The molecule has 0 amide bonds. The maximum atomic E-state index is 12.6. The largest absolute Gasteiger partial charge is 0.480 e. The fourth-order valence-corrected chi connectivity index (χ4v) is 4.60. The number of hydrogen-bond donors (Lipinski definition) is 3. The average molecular weight is 323 g/mol. The number of aliphatic carboxylic acids is 1. The Hall–Kier alpha value is -0.740. The molecule has 124 valence electrons. The van der Waals surface area contributed by atoms with Crippen LogP contribution in [0.4, 0.5) is 0 Å². The van der Waals surface area contributed by atoms with Gasteiger partial charge in [-0.1, -0.05) is 0 Å². The van der Waals surface area contributed by atoms with Crippen molar-refractivity contribution >= 4 is 16.0 Å². The van der Waals surface area contributed by atoms with Crippen LogP contribution >= 0.6 is 0 Å². The quantitative estimate of drug-likeness (QED) is 0.492. The molecule has 0 radical (unpaired) electrons. The number of nitrogens with two attached hydrogens (primary N) is 2. The lowest BCUT2D eigenvalue weighted by atomic mass is 10.1. The molecule has 0 bridgehead atoms. The van der Waals surface area contributed by atoms with E-state index in [1.165, 1.54) is 11.4 Å². The molecule has 21 heavy (non-hydrogen) atoms. The molecule has 0 aromatic carbocycles. The van der Waals surface area contributed by atoms with Crippen LogP contribution in [-0.4, -0.2) is 67.9 Å². The SMILES string of the molecule is COC[C@@H]1CCCN1S(=O)(=O)C(CN)CC[C@H](N)C(=O)O. The van der Waals surface area contributed by atoms with Gasteiger partial charge in [-0.15, -0.1) is 0 Å². The predicted molar refractivity (Wildman–Crippen MR) is 78.2 cm³/mol. The first-order valence-electron chi connectivity index (χ1n) is 7.02. The molecule has 0 saturated carbocycles. The normalized spacial score (nSPS) is 23.1. The Bertz CT molecular complexity index is 442. The minimum absolute atomic E-state index is 0.0507. The first-order chi connectivity index (χ1) is 9.84. The van der Waals surface area contributed by atoms with Gasteiger partial charge in [0.2, 0.25) is 10.0 Å². The van der Waals surface area contributed by atoms with Gasteiger partial charge in [0.25, 0.3) is 0 Å². The fourth-order valence-electron chi connectivity index (χ4n) is 2.57. The van der Waals surface area contributed by atoms with Gasteiger partial charge in [-0.3, -0.25) is 4.79 Å². The Kier molecular flexibility index (Phi) is 7.01. The third-order valence-electron chi connectivity index (χ3n) is 3.81. The Balaban J connectivity index is 2.75. The highest BCUT2D eigenvalue weighted by Gasteiger charge is 2.38. The van der Waals surface area contributed by atoms with Crippen molar-refractivity contribution in [2.75, 3.05) is 26.8 Å². The van der Waals surface area contributed by atoms with Gasteiger partial charge in [0.15, 0.2) is 0 Å². The molecule has 0 spiro atoms. The Morgan fingerprint density at radius 3 is 2.67 bits per heavy atom. The zero-order valence-corrected chi connectivity index (χ0v) is 13.1. The van der Waals surface area contributed by atoms with Gasteiger partial charge >= 0.3 is 5.97 Å². The molecule has 1 saturated heterocycles. The summed E-state index contributed by atoms with van der Waals surface area (Å²) in [4.78, 5) is 10.7. The molecule has 5 N–H and O–H groups in total. The summed E-state index contributed by atoms with van der Waals surface area (Å²) in [6, 6.07) is -1.23. The number of carboxylic acids is 1. The molecule has 9 heteroatoms. The molecule has 0 aromatic rings. The van der Waals surface area contributed by atoms with Crippen LogP contribution in [0.15, 0.2) is 0 Å². The van der Waals surface area contributed by atoms with Crippen molar-refractivity contribution in [1.82, 2.24) is 4.31 Å². The van der Waals surface area contributed by atoms with E-state index >= 15 is 0 Å². The lowest BCUT2D eigenvalue weighted by Gasteiger charge is -2.28. The van der Waals surface area contributed by atoms with Crippen molar-refractivity contribution in [3.63, 3.8) is 0 Å². The third-order valence-corrected chi connectivity index (χ3v) is 6.22. The van der Waals surface area contributed by atoms with Gasteiger partial charge in [0.05, 0.1) is 11.9 Å². The van der Waals surface area contributed by atoms with E-state index in [2.05, 4.69) is 0 Å². The van der Waals surface area contributed by atoms with Crippen LogP contribution in [0.3, 0.4) is 0 Å². The van der Waals surface area contributed by atoms with E-state index < -0.39 is 27.3 Å². The first-order valence-corrected chi connectivity index (χ1v) is 8.53. The lowest BCUT2D eigenvalue weighted by Crippen LogP contribution is -2.46. The van der Waals surface area contributed by atoms with E-state index in [0.29, 0.717) is 13.2 Å². The number of hydrogen-bond acceptors (Lipinski definition) is 6. The number of methoxy groups -OCH3 is 1. The number of ether oxygens (including phenoxy) is 1. The number of nitrogens with zero attached hydrogens (tertiary/aromatic N) is 1. The maximum Gasteiger partial charge on any atom is 0.320 e. The number of carbonyl (C=O) groups is 1. The summed E-state index contributed by atoms with van der Waals surface area (Å²) < 4.78 is 31.8. The second-order valence-corrected chi connectivity index (χ2v) is 7.45. The van der Waals surface area contributed by atoms with E-state index in [1.54, 1.807) is 0 Å². The number of sulfonamides is 1. The minimum atomic E-state index is -3.56. The molecule has 0 aliphatic carbocycles. The highest BCUT2D eigenvalue weighted by atomic mass is 32.2. The van der Waals surface area contributed by atoms with Gasteiger partial charge in [-0.2, -0.15) is 4.31 Å². The van der Waals surface area contributed by atoms with Gasteiger partial charge in [0.1, 0.15) is 6.04 Å². The summed E-state index contributed by atoms with van der Waals surface area (Å²) >= 11 is 0. The van der Waals surface area contributed by atoms with Gasteiger partial charge < -0.3 is 21.3 Å². The monoisotopic (exact) mass is 323 g/mol. The smallest absolute Gasteiger partial charge is 0.320 e. The minimum Gasteiger partial charge on any atom is -0.480 e. The topological polar surface area (TPSA) is 136 Å². The van der Waals surface area contributed by atoms with Crippen molar-refractivity contribution in [1.29, 1.82) is 0 Å². The molecule has 1 aliphatic rings. The second kappa shape index (κ2) is 8.04. The van der Waals surface area contributed by atoms with E-state index in [1.807, 2.05) is 0 Å². The highest BCUT2D eigenvalue weighted by Crippen LogP contribution is 2.25. The average Bonchev–Trinajstić information content (AvgIpc) is 2.88. The first kappa shape index (κ1) is 18.3. The summed E-state index contributed by atoms with van der Waals surface area (Å²) in [5.41, 5.74) is 11.0. The molecular formula is C12H25N3O5S. The molecule has 8 nitrogen and oxygen atoms in total. The fraction of sp³-hybridized carbons (Fsp3) is 0.917. The Labute approximate surface area is 125 Å². The highest BCUT2D eigenvalue weighted by molar-refractivity contribution is 7.89. The number of rotatable bonds is 9. The van der Waals surface area contributed by atoms with Crippen molar-refractivity contribution in [2.45, 2.75) is 43.0 Å². The second-order valence-electron chi connectivity index (χ2n) is 5.29. The van der Waals surface area contributed by atoms with Crippen LogP contribution in [0.1, 0.15) is 25.7 Å². The molecular weight excluding hydrogens is 298 g/mol. The zero-order valence-electron chi connectivity index (χ0n) is 12.3. The summed E-state index contributed by atoms with van der Waals surface area (Å²) in [7, 11) is -2.03. The van der Waals surface area contributed by atoms with Crippen LogP contribution < -0.4 is 11.5 Å². The lowest BCUT2D eigenvalue weighted by molar-refractivity contribution is -0.138. The summed E-state index contributed by atoms with van der Waals surface area (Å²) in [6.07, 6.45) is 1.78. The maximum absolute atomic E-state index is 12.6. The summed E-state index contributed by atoms with van der Waals surface area (Å²) in [5, 5.41) is 7.96. The van der Waals surface area contributed by atoms with Crippen LogP contribution in [0.25, 0.3) is 0 Å². The Morgan fingerprint density at radius 2 is 2.14 bits per heavy atom. The molecule has 1 unspecified atom stereocenters. The molecule has 1 aliphatic heterocycles. The Morgan fingerprint density at radius 1 is 1.48 bits per heavy atom. The van der Waals surface area contributed by atoms with Gasteiger partial charge in [-0.05, 0) is 25.7 Å². The van der Waals surface area contributed by atoms with E-state index in [-0.39, 0.29) is 25.4 Å². The molecule has 3 atom stereocenters. The van der Waals surface area contributed by atoms with Crippen molar-refractivity contribution in [3.8, 4) is 0 Å². The molecule has 1 fully saturated rings. The van der Waals surface area contributed by atoms with E-state index in [9.17, 15) is 13.2 Å². The van der Waals surface area contributed by atoms with Crippen molar-refractivity contribution in [3.05, 3.63) is 0 Å². The van der Waals surface area contributed by atoms with Crippen molar-refractivity contribution < 1.29 is 23.1 Å².